The molecule has 4 aromatic rings. The molecule has 0 radical (unpaired) electrons. The van der Waals surface area contributed by atoms with Crippen LogP contribution in [-0.2, 0) is 14.9 Å². The molecule has 0 amide bonds. The fraction of sp³-hybridized carbons (Fsp3) is 0.105. The van der Waals surface area contributed by atoms with Crippen molar-refractivity contribution in [2.75, 3.05) is 12.4 Å². The van der Waals surface area contributed by atoms with Crippen molar-refractivity contribution in [2.24, 2.45) is 0 Å². The summed E-state index contributed by atoms with van der Waals surface area (Å²) < 4.78 is 35.1. The summed E-state index contributed by atoms with van der Waals surface area (Å²) in [4.78, 5) is 12.2. The van der Waals surface area contributed by atoms with Gasteiger partial charge < -0.3 is 4.74 Å². The van der Waals surface area contributed by atoms with Crippen LogP contribution >= 0.6 is 0 Å². The van der Waals surface area contributed by atoms with Gasteiger partial charge in [-0.05, 0) is 44.5 Å². The van der Waals surface area contributed by atoms with E-state index in [0.29, 0.717) is 5.56 Å². The van der Waals surface area contributed by atoms with Gasteiger partial charge in [-0.2, -0.15) is 8.42 Å². The Labute approximate surface area is 143 Å². The highest BCUT2D eigenvalue weighted by molar-refractivity contribution is 7.85. The van der Waals surface area contributed by atoms with Gasteiger partial charge >= 0.3 is 5.97 Å². The van der Waals surface area contributed by atoms with Crippen LogP contribution in [0.25, 0.3) is 32.3 Å². The van der Waals surface area contributed by atoms with Crippen LogP contribution in [0.2, 0.25) is 0 Å². The Morgan fingerprint density at radius 2 is 1.40 bits per heavy atom. The van der Waals surface area contributed by atoms with E-state index in [1.54, 1.807) is 12.1 Å². The first-order valence-corrected chi connectivity index (χ1v) is 9.33. The Bertz CT molecular complexity index is 1150. The zero-order valence-electron chi connectivity index (χ0n) is 13.1. The van der Waals surface area contributed by atoms with E-state index in [-0.39, 0.29) is 6.61 Å². The van der Waals surface area contributed by atoms with Crippen LogP contribution in [0.3, 0.4) is 0 Å². The van der Waals surface area contributed by atoms with Crippen molar-refractivity contribution < 1.29 is 22.5 Å². The van der Waals surface area contributed by atoms with Crippen LogP contribution in [0.1, 0.15) is 10.4 Å². The summed E-state index contributed by atoms with van der Waals surface area (Å²) in [6, 6.07) is 17.5. The molecule has 1 N–H and O–H groups in total. The lowest BCUT2D eigenvalue weighted by atomic mass is 9.93. The van der Waals surface area contributed by atoms with Crippen molar-refractivity contribution >= 4 is 48.4 Å². The summed E-state index contributed by atoms with van der Waals surface area (Å²) in [6.07, 6.45) is 0. The molecule has 4 aromatic carbocycles. The molecule has 0 aliphatic rings. The largest absolute Gasteiger partial charge is 0.461 e. The van der Waals surface area contributed by atoms with Gasteiger partial charge in [0.2, 0.25) is 0 Å². The number of esters is 1. The molecule has 0 saturated heterocycles. The van der Waals surface area contributed by atoms with Crippen LogP contribution in [0.4, 0.5) is 0 Å². The molecule has 0 bridgehead atoms. The van der Waals surface area contributed by atoms with Crippen molar-refractivity contribution in [3.05, 3.63) is 60.2 Å². The average molecular weight is 354 g/mol. The lowest BCUT2D eigenvalue weighted by molar-refractivity contribution is 0.0528. The Balaban J connectivity index is 1.77. The molecular formula is C19H14O5S. The van der Waals surface area contributed by atoms with E-state index in [0.717, 1.165) is 32.3 Å². The number of hydrogen-bond acceptors (Lipinski definition) is 4. The number of carbonyl (C=O) groups excluding carboxylic acids is 1. The monoisotopic (exact) mass is 354 g/mol. The smallest absolute Gasteiger partial charge is 0.338 e. The molecule has 0 heterocycles. The first kappa shape index (κ1) is 15.8. The fourth-order valence-corrected chi connectivity index (χ4v) is 3.49. The number of benzene rings is 4. The Hall–Kier alpha value is -2.70. The molecule has 0 atom stereocenters. The maximum Gasteiger partial charge on any atom is 0.338 e. The van der Waals surface area contributed by atoms with Crippen LogP contribution in [0.15, 0.2) is 54.6 Å². The lowest BCUT2D eigenvalue weighted by Crippen LogP contribution is -2.14. The van der Waals surface area contributed by atoms with E-state index in [1.807, 2.05) is 30.3 Å². The van der Waals surface area contributed by atoms with Crippen molar-refractivity contribution in [3.63, 3.8) is 0 Å². The molecule has 0 aromatic heterocycles. The van der Waals surface area contributed by atoms with E-state index in [2.05, 4.69) is 12.1 Å². The van der Waals surface area contributed by atoms with Gasteiger partial charge in [-0.25, -0.2) is 4.79 Å². The average Bonchev–Trinajstić information content (AvgIpc) is 2.58. The van der Waals surface area contributed by atoms with Gasteiger partial charge in [0.1, 0.15) is 12.4 Å². The Morgan fingerprint density at radius 1 is 0.880 bits per heavy atom. The number of carbonyl (C=O) groups is 1. The van der Waals surface area contributed by atoms with E-state index in [4.69, 9.17) is 9.29 Å². The van der Waals surface area contributed by atoms with Crippen LogP contribution in [-0.4, -0.2) is 31.3 Å². The first-order chi connectivity index (χ1) is 11.9. The van der Waals surface area contributed by atoms with Gasteiger partial charge in [0.25, 0.3) is 10.1 Å². The minimum absolute atomic E-state index is 0.348. The molecule has 25 heavy (non-hydrogen) atoms. The minimum Gasteiger partial charge on any atom is -0.461 e. The van der Waals surface area contributed by atoms with Gasteiger partial charge in [0, 0.05) is 0 Å². The summed E-state index contributed by atoms with van der Waals surface area (Å²) in [5, 5.41) is 6.36. The summed E-state index contributed by atoms with van der Waals surface area (Å²) in [5.41, 5.74) is 0.348. The van der Waals surface area contributed by atoms with Crippen LogP contribution < -0.4 is 0 Å². The highest BCUT2D eigenvalue weighted by Crippen LogP contribution is 2.35. The minimum atomic E-state index is -4.15. The quantitative estimate of drug-likeness (QED) is 0.344. The molecule has 5 nitrogen and oxygen atoms in total. The van der Waals surface area contributed by atoms with Crippen molar-refractivity contribution in [1.82, 2.24) is 0 Å². The van der Waals surface area contributed by atoms with Crippen molar-refractivity contribution in [1.29, 1.82) is 0 Å². The molecule has 126 valence electrons. The third-order valence-corrected chi connectivity index (χ3v) is 4.96. The second-order valence-corrected chi connectivity index (χ2v) is 7.50. The number of rotatable bonds is 4. The normalized spacial score (nSPS) is 12.2. The van der Waals surface area contributed by atoms with E-state index < -0.39 is 21.8 Å². The van der Waals surface area contributed by atoms with E-state index >= 15 is 0 Å². The highest BCUT2D eigenvalue weighted by atomic mass is 32.2. The summed E-state index contributed by atoms with van der Waals surface area (Å²) >= 11 is 0. The maximum atomic E-state index is 12.2. The van der Waals surface area contributed by atoms with E-state index in [1.165, 1.54) is 0 Å². The SMILES string of the molecule is O=C(OCCS(=O)(=O)O)c1cc2ccc3cccc4ccc(c1)c2c34. The molecular weight excluding hydrogens is 340 g/mol. The van der Waals surface area contributed by atoms with Gasteiger partial charge in [0.15, 0.2) is 0 Å². The molecule has 0 fully saturated rings. The Kier molecular flexibility index (Phi) is 3.59. The molecule has 0 saturated carbocycles. The van der Waals surface area contributed by atoms with Gasteiger partial charge in [0.05, 0.1) is 5.56 Å². The molecule has 0 aliphatic heterocycles. The molecule has 4 rings (SSSR count). The van der Waals surface area contributed by atoms with E-state index in [9.17, 15) is 13.2 Å². The zero-order chi connectivity index (χ0) is 17.6. The zero-order valence-corrected chi connectivity index (χ0v) is 13.9. The molecule has 0 unspecified atom stereocenters. The molecule has 0 aliphatic carbocycles. The van der Waals surface area contributed by atoms with Crippen molar-refractivity contribution in [2.45, 2.75) is 0 Å². The Morgan fingerprint density at radius 3 is 1.96 bits per heavy atom. The first-order valence-electron chi connectivity index (χ1n) is 7.72. The van der Waals surface area contributed by atoms with Gasteiger partial charge in [-0.1, -0.05) is 42.5 Å². The van der Waals surface area contributed by atoms with Crippen LogP contribution in [0.5, 0.6) is 0 Å². The standard InChI is InChI=1S/C19H14O5S/c20-19(24-8-9-25(21,22)23)16-10-14-6-4-12-2-1-3-13-5-7-15(11-16)18(14)17(12)13/h1-7,10-11H,8-9H2,(H,21,22,23). The fourth-order valence-electron chi connectivity index (χ4n) is 3.19. The second-order valence-electron chi connectivity index (χ2n) is 5.93. The second kappa shape index (κ2) is 5.68. The number of hydrogen-bond donors (Lipinski definition) is 1. The lowest BCUT2D eigenvalue weighted by Gasteiger charge is -2.12. The third kappa shape index (κ3) is 2.90. The van der Waals surface area contributed by atoms with Crippen molar-refractivity contribution in [3.8, 4) is 0 Å². The summed E-state index contributed by atoms with van der Waals surface area (Å²) in [6.45, 7) is -0.386. The predicted octanol–water partition coefficient (Wildman–Crippen LogP) is 3.63. The summed E-state index contributed by atoms with van der Waals surface area (Å²) in [5.74, 6) is -1.23. The third-order valence-electron chi connectivity index (χ3n) is 4.27. The van der Waals surface area contributed by atoms with Gasteiger partial charge in [-0.15, -0.1) is 0 Å². The van der Waals surface area contributed by atoms with Crippen LogP contribution in [0, 0.1) is 0 Å². The number of ether oxygens (including phenoxy) is 1. The molecule has 0 spiro atoms. The van der Waals surface area contributed by atoms with Gasteiger partial charge in [-0.3, -0.25) is 4.55 Å². The maximum absolute atomic E-state index is 12.2. The highest BCUT2D eigenvalue weighted by Gasteiger charge is 2.14. The molecule has 6 heteroatoms. The topological polar surface area (TPSA) is 80.7 Å². The summed E-state index contributed by atoms with van der Waals surface area (Å²) in [7, 11) is -4.15. The predicted molar refractivity (Wildman–Crippen MR) is 96.8 cm³/mol.